The largest absolute Gasteiger partial charge is 0.462 e. The van der Waals surface area contributed by atoms with E-state index in [1.165, 1.54) is 51.4 Å². The Kier molecular flexibility index (Phi) is 46.7. The van der Waals surface area contributed by atoms with Crippen molar-refractivity contribution < 1.29 is 28.6 Å². The SMILES string of the molecule is CC/C=C\C/C=C\C/C=C\CCCC(=O)OCC(COC(=O)CCC/C=C\C/C=C\C/C=C\C/C=C\CCCCC)OC(=O)CCC/C=C\C/C=C\C/C=C\C/C=C\CCCCC. The molecule has 6 nitrogen and oxygen atoms in total. The van der Waals surface area contributed by atoms with Crippen LogP contribution >= 0.6 is 0 Å². The summed E-state index contributed by atoms with van der Waals surface area (Å²) in [4.78, 5) is 37.8. The first-order valence-corrected chi connectivity index (χ1v) is 24.7. The molecule has 0 fully saturated rings. The molecule has 0 aliphatic carbocycles. The number of ether oxygens (including phenoxy) is 3. The summed E-state index contributed by atoms with van der Waals surface area (Å²) in [6.45, 7) is 6.29. The van der Waals surface area contributed by atoms with Crippen molar-refractivity contribution in [1.82, 2.24) is 0 Å². The summed E-state index contributed by atoms with van der Waals surface area (Å²) in [5.41, 5.74) is 0. The fourth-order valence-corrected chi connectivity index (χ4v) is 5.92. The van der Waals surface area contributed by atoms with Gasteiger partial charge >= 0.3 is 17.9 Å². The molecule has 0 rings (SSSR count). The van der Waals surface area contributed by atoms with Crippen molar-refractivity contribution in [2.24, 2.45) is 0 Å². The Morgan fingerprint density at radius 3 is 0.905 bits per heavy atom. The van der Waals surface area contributed by atoms with E-state index < -0.39 is 12.1 Å². The molecule has 0 aromatic carbocycles. The van der Waals surface area contributed by atoms with E-state index in [0.29, 0.717) is 19.3 Å². The Morgan fingerprint density at radius 2 is 0.603 bits per heavy atom. The van der Waals surface area contributed by atoms with Gasteiger partial charge in [0, 0.05) is 19.3 Å². The third-order valence-corrected chi connectivity index (χ3v) is 9.61. The molecule has 0 bridgehead atoms. The normalized spacial score (nSPS) is 13.3. The molecule has 63 heavy (non-hydrogen) atoms. The van der Waals surface area contributed by atoms with Crippen LogP contribution in [0.5, 0.6) is 0 Å². The van der Waals surface area contributed by atoms with Crippen LogP contribution in [-0.2, 0) is 28.6 Å². The predicted octanol–water partition coefficient (Wildman–Crippen LogP) is 16.3. The zero-order chi connectivity index (χ0) is 45.8. The van der Waals surface area contributed by atoms with Gasteiger partial charge in [-0.2, -0.15) is 0 Å². The minimum absolute atomic E-state index is 0.148. The molecule has 0 amide bonds. The highest BCUT2D eigenvalue weighted by Crippen LogP contribution is 2.09. The number of allylic oxidation sites excluding steroid dienone is 22. The van der Waals surface area contributed by atoms with Crippen LogP contribution in [0.25, 0.3) is 0 Å². The summed E-state index contributed by atoms with van der Waals surface area (Å²) in [6.07, 6.45) is 70.3. The fourth-order valence-electron chi connectivity index (χ4n) is 5.92. The molecular weight excluding hydrogens is 781 g/mol. The molecule has 0 saturated carbocycles. The average Bonchev–Trinajstić information content (AvgIpc) is 3.28. The van der Waals surface area contributed by atoms with Crippen molar-refractivity contribution >= 4 is 17.9 Å². The molecule has 0 radical (unpaired) electrons. The lowest BCUT2D eigenvalue weighted by Gasteiger charge is -2.18. The van der Waals surface area contributed by atoms with Crippen LogP contribution in [0.15, 0.2) is 134 Å². The van der Waals surface area contributed by atoms with Crippen LogP contribution in [0, 0.1) is 0 Å². The standard InChI is InChI=1S/C57H88O6/c1-4-7-10-13-16-19-22-24-26-28-30-32-35-38-41-44-47-50-56(59)62-53-54(52-61-55(58)49-46-43-40-37-34-21-18-15-12-9-6-3)63-57(60)51-48-45-42-39-36-33-31-29-27-25-23-20-17-14-11-8-5-2/h9,12,16-21,24-27,30-33,37-42,54H,4-8,10-11,13-15,22-23,28-29,34-36,43-53H2,1-3H3/b12-9-,19-16-,20-17-,21-18-,26-24-,27-25-,32-30-,33-31-,40-37-,41-38-,42-39-. The minimum atomic E-state index is -0.852. The van der Waals surface area contributed by atoms with Crippen molar-refractivity contribution in [3.8, 4) is 0 Å². The van der Waals surface area contributed by atoms with Gasteiger partial charge in [0.25, 0.3) is 0 Å². The second-order valence-corrected chi connectivity index (χ2v) is 15.6. The molecule has 0 spiro atoms. The van der Waals surface area contributed by atoms with Gasteiger partial charge in [-0.3, -0.25) is 14.4 Å². The lowest BCUT2D eigenvalue weighted by Crippen LogP contribution is -2.30. The van der Waals surface area contributed by atoms with Crippen molar-refractivity contribution in [1.29, 1.82) is 0 Å². The molecule has 352 valence electrons. The summed E-state index contributed by atoms with van der Waals surface area (Å²) in [5, 5.41) is 0. The highest BCUT2D eigenvalue weighted by molar-refractivity contribution is 5.71. The third kappa shape index (κ3) is 48.4. The van der Waals surface area contributed by atoms with Gasteiger partial charge < -0.3 is 14.2 Å². The van der Waals surface area contributed by atoms with Gasteiger partial charge in [-0.1, -0.05) is 180 Å². The quantitative estimate of drug-likeness (QED) is 0.0263. The number of unbranched alkanes of at least 4 members (excludes halogenated alkanes) is 9. The summed E-state index contributed by atoms with van der Waals surface area (Å²) in [7, 11) is 0. The van der Waals surface area contributed by atoms with E-state index in [2.05, 4.69) is 154 Å². The fraction of sp³-hybridized carbons (Fsp3) is 0.561. The van der Waals surface area contributed by atoms with E-state index in [-0.39, 0.29) is 44.4 Å². The van der Waals surface area contributed by atoms with E-state index >= 15 is 0 Å². The van der Waals surface area contributed by atoms with Gasteiger partial charge in [0.2, 0.25) is 0 Å². The molecule has 0 aliphatic heterocycles. The molecule has 6 heteroatoms. The van der Waals surface area contributed by atoms with Crippen LogP contribution in [0.3, 0.4) is 0 Å². The third-order valence-electron chi connectivity index (χ3n) is 9.61. The average molecular weight is 869 g/mol. The summed E-state index contributed by atoms with van der Waals surface area (Å²) in [5.74, 6) is -1.13. The van der Waals surface area contributed by atoms with E-state index in [1.54, 1.807) is 0 Å². The predicted molar refractivity (Wildman–Crippen MR) is 269 cm³/mol. The smallest absolute Gasteiger partial charge is 0.306 e. The molecular formula is C57H88O6. The number of carbonyl (C=O) groups is 3. The zero-order valence-electron chi connectivity index (χ0n) is 40.0. The lowest BCUT2D eigenvalue weighted by atomic mass is 10.2. The minimum Gasteiger partial charge on any atom is -0.462 e. The van der Waals surface area contributed by atoms with E-state index in [9.17, 15) is 14.4 Å². The molecule has 0 saturated heterocycles. The highest BCUT2D eigenvalue weighted by Gasteiger charge is 2.19. The van der Waals surface area contributed by atoms with Gasteiger partial charge in [0.1, 0.15) is 13.2 Å². The molecule has 1 unspecified atom stereocenters. The summed E-state index contributed by atoms with van der Waals surface area (Å²) in [6, 6.07) is 0. The van der Waals surface area contributed by atoms with Gasteiger partial charge in [-0.15, -0.1) is 0 Å². The first kappa shape index (κ1) is 58.6. The van der Waals surface area contributed by atoms with Gasteiger partial charge in [-0.25, -0.2) is 0 Å². The zero-order valence-corrected chi connectivity index (χ0v) is 40.0. The first-order valence-electron chi connectivity index (χ1n) is 24.7. The molecule has 0 heterocycles. The number of carbonyl (C=O) groups excluding carboxylic acids is 3. The molecule has 1 atom stereocenters. The van der Waals surface area contributed by atoms with Crippen LogP contribution in [0.1, 0.15) is 188 Å². The topological polar surface area (TPSA) is 78.9 Å². The molecule has 0 N–H and O–H groups in total. The molecule has 0 aromatic heterocycles. The van der Waals surface area contributed by atoms with Crippen molar-refractivity contribution in [3.63, 3.8) is 0 Å². The van der Waals surface area contributed by atoms with Gasteiger partial charge in [0.15, 0.2) is 6.10 Å². The molecule has 0 aliphatic rings. The van der Waals surface area contributed by atoms with E-state index in [0.717, 1.165) is 77.0 Å². The van der Waals surface area contributed by atoms with Crippen LogP contribution < -0.4 is 0 Å². The van der Waals surface area contributed by atoms with Crippen molar-refractivity contribution in [2.75, 3.05) is 13.2 Å². The Bertz CT molecular complexity index is 1420. The second-order valence-electron chi connectivity index (χ2n) is 15.6. The molecule has 0 aromatic rings. The van der Waals surface area contributed by atoms with Crippen LogP contribution in [0.2, 0.25) is 0 Å². The first-order chi connectivity index (χ1) is 31.0. The summed E-state index contributed by atoms with van der Waals surface area (Å²) < 4.78 is 16.6. The second kappa shape index (κ2) is 50.2. The van der Waals surface area contributed by atoms with Crippen molar-refractivity contribution in [2.45, 2.75) is 194 Å². The lowest BCUT2D eigenvalue weighted by molar-refractivity contribution is -0.166. The van der Waals surface area contributed by atoms with Gasteiger partial charge in [0.05, 0.1) is 0 Å². The monoisotopic (exact) mass is 869 g/mol. The maximum Gasteiger partial charge on any atom is 0.306 e. The summed E-state index contributed by atoms with van der Waals surface area (Å²) >= 11 is 0. The maximum atomic E-state index is 12.8. The Morgan fingerprint density at radius 1 is 0.333 bits per heavy atom. The number of hydrogen-bond donors (Lipinski definition) is 0. The number of hydrogen-bond acceptors (Lipinski definition) is 6. The Hall–Kier alpha value is -4.45. The van der Waals surface area contributed by atoms with Crippen LogP contribution in [0.4, 0.5) is 0 Å². The van der Waals surface area contributed by atoms with Crippen LogP contribution in [-0.4, -0.2) is 37.2 Å². The highest BCUT2D eigenvalue weighted by atomic mass is 16.6. The number of rotatable bonds is 42. The Balaban J connectivity index is 4.64. The van der Waals surface area contributed by atoms with Gasteiger partial charge in [-0.05, 0) is 122 Å². The number of esters is 3. The van der Waals surface area contributed by atoms with Crippen molar-refractivity contribution in [3.05, 3.63) is 134 Å². The maximum absolute atomic E-state index is 12.8. The van der Waals surface area contributed by atoms with E-state index in [4.69, 9.17) is 14.2 Å². The van der Waals surface area contributed by atoms with E-state index in [1.807, 2.05) is 0 Å². The Labute approximate surface area is 385 Å².